The Labute approximate surface area is 135 Å². The number of nitrogens with one attached hydrogen (secondary N) is 1. The third-order valence-electron chi connectivity index (χ3n) is 3.01. The predicted octanol–water partition coefficient (Wildman–Crippen LogP) is 4.26. The average Bonchev–Trinajstić information content (AvgIpc) is 2.85. The van der Waals surface area contributed by atoms with Gasteiger partial charge in [0.1, 0.15) is 5.82 Å². The molecule has 108 valence electrons. The Balaban J connectivity index is 2.26. The van der Waals surface area contributed by atoms with Crippen LogP contribution in [0.3, 0.4) is 0 Å². The third kappa shape index (κ3) is 2.57. The van der Waals surface area contributed by atoms with E-state index in [4.69, 9.17) is 0 Å². The molecule has 4 nitrogen and oxygen atoms in total. The van der Waals surface area contributed by atoms with Gasteiger partial charge in [0.25, 0.3) is 0 Å². The second-order valence-electron chi connectivity index (χ2n) is 4.24. The molecular weight excluding hydrogens is 409 g/mol. The quantitative estimate of drug-likeness (QED) is 0.646. The van der Waals surface area contributed by atoms with Crippen molar-refractivity contribution in [2.75, 3.05) is 12.4 Å². The Morgan fingerprint density at radius 2 is 2.14 bits per heavy atom. The van der Waals surface area contributed by atoms with Gasteiger partial charge in [-0.25, -0.2) is 18.7 Å². The summed E-state index contributed by atoms with van der Waals surface area (Å²) in [5.41, 5.74) is 1.91. The van der Waals surface area contributed by atoms with Crippen LogP contribution in [-0.2, 0) is 0 Å². The fourth-order valence-corrected chi connectivity index (χ4v) is 3.33. The number of halogens is 3. The molecule has 0 aliphatic carbocycles. The zero-order valence-electron chi connectivity index (χ0n) is 10.8. The van der Waals surface area contributed by atoms with Crippen LogP contribution in [0, 0.1) is 11.6 Å². The second kappa shape index (κ2) is 5.76. The van der Waals surface area contributed by atoms with Gasteiger partial charge < -0.3 is 5.32 Å². The maximum absolute atomic E-state index is 13.5. The summed E-state index contributed by atoms with van der Waals surface area (Å²) >= 11 is 2.12. The average molecular weight is 418 g/mol. The molecule has 0 atom stereocenters. The van der Waals surface area contributed by atoms with Gasteiger partial charge in [-0.3, -0.25) is 3.97 Å². The standard InChI is InChI=1S/C13H9F2IN4S/c1-17-12-10(15)2-3-11(19-12)9-6-20(21-16)13-8(9)4-7(14)5-18-13/h2-6H,1H3,(H,17,19). The molecular formula is C13H9F2IN4S. The van der Waals surface area contributed by atoms with Gasteiger partial charge in [-0.05, 0) is 18.2 Å². The Morgan fingerprint density at radius 3 is 2.86 bits per heavy atom. The molecule has 0 unspecified atom stereocenters. The molecule has 0 saturated heterocycles. The lowest BCUT2D eigenvalue weighted by Crippen LogP contribution is -1.97. The molecule has 1 N–H and O–H groups in total. The summed E-state index contributed by atoms with van der Waals surface area (Å²) in [4.78, 5) is 8.33. The maximum atomic E-state index is 13.5. The summed E-state index contributed by atoms with van der Waals surface area (Å²) in [5.74, 6) is -0.701. The van der Waals surface area contributed by atoms with Gasteiger partial charge in [-0.1, -0.05) is 0 Å². The van der Waals surface area contributed by atoms with Crippen LogP contribution >= 0.6 is 30.3 Å². The number of fused-ring (bicyclic) bond motifs is 1. The molecule has 0 aliphatic rings. The SMILES string of the molecule is CNc1nc(-c2cn(SI)c3ncc(F)cc23)ccc1F. The highest BCUT2D eigenvalue weighted by Crippen LogP contribution is 2.33. The maximum Gasteiger partial charge on any atom is 0.165 e. The fourth-order valence-electron chi connectivity index (χ4n) is 2.08. The van der Waals surface area contributed by atoms with E-state index in [1.54, 1.807) is 13.1 Å². The topological polar surface area (TPSA) is 42.7 Å². The molecule has 8 heteroatoms. The van der Waals surface area contributed by atoms with E-state index >= 15 is 0 Å². The van der Waals surface area contributed by atoms with Crippen molar-refractivity contribution in [3.05, 3.63) is 42.2 Å². The van der Waals surface area contributed by atoms with Gasteiger partial charge >= 0.3 is 0 Å². The van der Waals surface area contributed by atoms with Crippen molar-refractivity contribution in [2.24, 2.45) is 0 Å². The molecule has 0 fully saturated rings. The molecule has 0 spiro atoms. The molecule has 3 aromatic rings. The molecule has 3 rings (SSSR count). The molecule has 0 bridgehead atoms. The summed E-state index contributed by atoms with van der Waals surface area (Å²) in [5, 5.41) is 3.34. The van der Waals surface area contributed by atoms with E-state index in [1.807, 2.05) is 10.2 Å². The summed E-state index contributed by atoms with van der Waals surface area (Å²) in [6.07, 6.45) is 2.99. The highest BCUT2D eigenvalue weighted by molar-refractivity contribution is 14.2. The van der Waals surface area contributed by atoms with E-state index in [0.717, 1.165) is 0 Å². The minimum atomic E-state index is -0.433. The minimum absolute atomic E-state index is 0.153. The minimum Gasteiger partial charge on any atom is -0.371 e. The summed E-state index contributed by atoms with van der Waals surface area (Å²) in [7, 11) is 3.01. The van der Waals surface area contributed by atoms with Crippen molar-refractivity contribution in [3.8, 4) is 11.3 Å². The van der Waals surface area contributed by atoms with Crippen LogP contribution in [-0.4, -0.2) is 21.0 Å². The van der Waals surface area contributed by atoms with Gasteiger partial charge in [0.2, 0.25) is 0 Å². The van der Waals surface area contributed by atoms with Gasteiger partial charge in [-0.15, -0.1) is 0 Å². The molecule has 0 saturated carbocycles. The Bertz CT molecular complexity index is 821. The van der Waals surface area contributed by atoms with Crippen molar-refractivity contribution < 1.29 is 8.78 Å². The highest BCUT2D eigenvalue weighted by atomic mass is 127. The van der Waals surface area contributed by atoms with Gasteiger partial charge in [0.15, 0.2) is 17.3 Å². The summed E-state index contributed by atoms with van der Waals surface area (Å²) < 4.78 is 28.8. The number of rotatable bonds is 3. The first-order valence-electron chi connectivity index (χ1n) is 5.94. The zero-order chi connectivity index (χ0) is 15.0. The van der Waals surface area contributed by atoms with Crippen molar-refractivity contribution in [3.63, 3.8) is 0 Å². The lowest BCUT2D eigenvalue weighted by atomic mass is 10.1. The molecule has 0 amide bonds. The smallest absolute Gasteiger partial charge is 0.165 e. The molecule has 21 heavy (non-hydrogen) atoms. The third-order valence-corrected chi connectivity index (χ3v) is 4.71. The first-order chi connectivity index (χ1) is 10.1. The number of pyridine rings is 2. The number of hydrogen-bond acceptors (Lipinski definition) is 4. The van der Waals surface area contributed by atoms with Crippen molar-refractivity contribution in [2.45, 2.75) is 0 Å². The monoisotopic (exact) mass is 418 g/mol. The van der Waals surface area contributed by atoms with E-state index in [9.17, 15) is 8.78 Å². The predicted molar refractivity (Wildman–Crippen MR) is 89.4 cm³/mol. The molecule has 0 aromatic carbocycles. The summed E-state index contributed by atoms with van der Waals surface area (Å²) in [6.45, 7) is 0. The van der Waals surface area contributed by atoms with E-state index in [1.165, 1.54) is 27.4 Å². The van der Waals surface area contributed by atoms with E-state index in [2.05, 4.69) is 36.5 Å². The molecule has 3 heterocycles. The van der Waals surface area contributed by atoms with Gasteiger partial charge in [0, 0.05) is 54.5 Å². The van der Waals surface area contributed by atoms with Crippen LogP contribution in [0.4, 0.5) is 14.6 Å². The van der Waals surface area contributed by atoms with Crippen molar-refractivity contribution >= 4 is 47.2 Å². The first kappa shape index (κ1) is 14.5. The van der Waals surface area contributed by atoms with Crippen LogP contribution < -0.4 is 5.32 Å². The van der Waals surface area contributed by atoms with E-state index in [0.29, 0.717) is 22.3 Å². The van der Waals surface area contributed by atoms with Crippen molar-refractivity contribution in [1.82, 2.24) is 13.9 Å². The van der Waals surface area contributed by atoms with E-state index in [-0.39, 0.29) is 5.82 Å². The lowest BCUT2D eigenvalue weighted by molar-refractivity contribution is 0.624. The second-order valence-corrected chi connectivity index (χ2v) is 5.95. The number of aromatic nitrogens is 3. The van der Waals surface area contributed by atoms with Crippen LogP contribution in [0.5, 0.6) is 0 Å². The number of hydrogen-bond donors (Lipinski definition) is 1. The lowest BCUT2D eigenvalue weighted by Gasteiger charge is -2.04. The van der Waals surface area contributed by atoms with Crippen LogP contribution in [0.1, 0.15) is 0 Å². The van der Waals surface area contributed by atoms with Gasteiger partial charge in [0.05, 0.1) is 11.9 Å². The Hall–Kier alpha value is -1.42. The molecule has 3 aromatic heterocycles. The van der Waals surface area contributed by atoms with Crippen LogP contribution in [0.15, 0.2) is 30.6 Å². The van der Waals surface area contributed by atoms with Crippen molar-refractivity contribution in [1.29, 1.82) is 0 Å². The number of nitrogens with zero attached hydrogens (tertiary/aromatic N) is 3. The first-order valence-corrected chi connectivity index (χ1v) is 9.26. The zero-order valence-corrected chi connectivity index (χ0v) is 13.7. The Kier molecular flexibility index (Phi) is 3.98. The largest absolute Gasteiger partial charge is 0.371 e. The Morgan fingerprint density at radius 1 is 1.33 bits per heavy atom. The van der Waals surface area contributed by atoms with Crippen LogP contribution in [0.2, 0.25) is 0 Å². The highest BCUT2D eigenvalue weighted by Gasteiger charge is 2.15. The molecule has 0 radical (unpaired) electrons. The number of anilines is 1. The van der Waals surface area contributed by atoms with Crippen LogP contribution in [0.25, 0.3) is 22.3 Å². The van der Waals surface area contributed by atoms with Gasteiger partial charge in [-0.2, -0.15) is 0 Å². The molecule has 0 aliphatic heterocycles. The normalized spacial score (nSPS) is 11.0. The summed E-state index contributed by atoms with van der Waals surface area (Å²) in [6, 6.07) is 4.31. The van der Waals surface area contributed by atoms with E-state index < -0.39 is 11.6 Å². The fraction of sp³-hybridized carbons (Fsp3) is 0.0769.